The van der Waals surface area contributed by atoms with Gasteiger partial charge in [0, 0.05) is 22.7 Å². The maximum Gasteiger partial charge on any atom is 0.253 e. The van der Waals surface area contributed by atoms with E-state index in [9.17, 15) is 9.18 Å². The Morgan fingerprint density at radius 3 is 1.89 bits per heavy atom. The highest BCUT2D eigenvalue weighted by atomic mass is 19.1. The first-order valence-electron chi connectivity index (χ1n) is 11.8. The Morgan fingerprint density at radius 2 is 1.43 bits per heavy atom. The molecule has 2 rings (SSSR count). The minimum absolute atomic E-state index is 0.155. The number of fused-ring (bicyclic) bond motifs is 1. The Labute approximate surface area is 210 Å². The first-order valence-corrected chi connectivity index (χ1v) is 11.8. The lowest BCUT2D eigenvalue weighted by atomic mass is 9.87. The molecular weight excluding hydrogens is 437 g/mol. The van der Waals surface area contributed by atoms with Crippen LogP contribution in [-0.4, -0.2) is 22.0 Å². The lowest BCUT2D eigenvalue weighted by Crippen LogP contribution is -2.46. The van der Waals surface area contributed by atoms with Gasteiger partial charge in [-0.3, -0.25) is 9.78 Å². The van der Waals surface area contributed by atoms with Crippen LogP contribution in [0, 0.1) is 5.82 Å². The predicted molar refractivity (Wildman–Crippen MR) is 148 cm³/mol. The molecular formula is C30H42FN3O. The average Bonchev–Trinajstić information content (AvgIpc) is 2.64. The number of para-hydroxylation sites is 1. The van der Waals surface area contributed by atoms with Crippen LogP contribution in [0.25, 0.3) is 10.9 Å². The minimum Gasteiger partial charge on any atom is -0.346 e. The summed E-state index contributed by atoms with van der Waals surface area (Å²) in [6.45, 7) is 27.4. The van der Waals surface area contributed by atoms with Gasteiger partial charge in [0.05, 0.1) is 5.56 Å². The molecule has 1 amide bonds. The van der Waals surface area contributed by atoms with Gasteiger partial charge < -0.3 is 11.1 Å². The first kappa shape index (κ1) is 30.0. The zero-order chi connectivity index (χ0) is 27.0. The number of carbonyl (C=O) groups is 1. The molecule has 1 aromatic carbocycles. The summed E-state index contributed by atoms with van der Waals surface area (Å²) in [5, 5.41) is 3.66. The van der Waals surface area contributed by atoms with E-state index in [0.717, 1.165) is 35.1 Å². The van der Waals surface area contributed by atoms with Gasteiger partial charge >= 0.3 is 0 Å². The molecule has 35 heavy (non-hydrogen) atoms. The number of nitrogens with zero attached hydrogens (tertiary/aromatic N) is 1. The summed E-state index contributed by atoms with van der Waals surface area (Å²) in [6, 6.07) is 6.35. The molecule has 0 saturated carbocycles. The van der Waals surface area contributed by atoms with Gasteiger partial charge in [-0.2, -0.15) is 0 Å². The van der Waals surface area contributed by atoms with E-state index in [-0.39, 0.29) is 17.0 Å². The van der Waals surface area contributed by atoms with Gasteiger partial charge in [0.15, 0.2) is 0 Å². The molecule has 5 heteroatoms. The number of hydrogen-bond donors (Lipinski definition) is 2. The summed E-state index contributed by atoms with van der Waals surface area (Å²) in [5.74, 6) is -0.632. The second kappa shape index (κ2) is 12.6. The molecule has 0 spiro atoms. The number of nitrogens with one attached hydrogen (secondary N) is 1. The number of halogens is 1. The molecule has 0 aliphatic heterocycles. The summed E-state index contributed by atoms with van der Waals surface area (Å²) in [5.41, 5.74) is 10.3. The van der Waals surface area contributed by atoms with Crippen molar-refractivity contribution < 1.29 is 9.18 Å². The van der Waals surface area contributed by atoms with Crippen LogP contribution in [0.5, 0.6) is 0 Å². The maximum atomic E-state index is 13.7. The van der Waals surface area contributed by atoms with E-state index in [2.05, 4.69) is 36.6 Å². The fourth-order valence-corrected chi connectivity index (χ4v) is 4.52. The molecule has 0 fully saturated rings. The molecule has 0 bridgehead atoms. The number of nitrogens with two attached hydrogens (primary N) is 1. The van der Waals surface area contributed by atoms with E-state index in [1.54, 1.807) is 18.2 Å². The average molecular weight is 480 g/mol. The zero-order valence-corrected chi connectivity index (χ0v) is 22.4. The number of benzene rings is 1. The lowest BCUT2D eigenvalue weighted by Gasteiger charge is -2.31. The van der Waals surface area contributed by atoms with Gasteiger partial charge in [-0.05, 0) is 79.4 Å². The molecule has 3 N–H and O–H groups in total. The number of amides is 1. The van der Waals surface area contributed by atoms with Crippen molar-refractivity contribution in [1.29, 1.82) is 0 Å². The van der Waals surface area contributed by atoms with Crippen molar-refractivity contribution >= 4 is 16.8 Å². The fraction of sp³-hybridized carbons (Fsp3) is 0.400. The normalized spacial score (nSPS) is 11.3. The number of hydrogen-bond acceptors (Lipinski definition) is 3. The van der Waals surface area contributed by atoms with E-state index in [1.165, 1.54) is 12.3 Å². The molecule has 0 saturated heterocycles. The molecule has 0 radical (unpaired) electrons. The standard InChI is InChI=1S/C20H23FN2O.C10H19N/c1-13(2)10-20(5,11-14(3)4)23-19(24)16-9-15-7-6-8-17(21)18(15)22-12-16;1-8(2)6-10(5,11)7-9(3)4/h6-9,12H,1,3,10-11H2,2,4-5H3,(H,23,24);1,3,6-7,11H2,2,4-5H3. The molecule has 190 valence electrons. The summed E-state index contributed by atoms with van der Waals surface area (Å²) >= 11 is 0. The smallest absolute Gasteiger partial charge is 0.253 e. The molecule has 0 atom stereocenters. The molecule has 4 nitrogen and oxygen atoms in total. The maximum absolute atomic E-state index is 13.7. The van der Waals surface area contributed by atoms with Crippen molar-refractivity contribution in [2.24, 2.45) is 5.73 Å². The SMILES string of the molecule is C=C(C)CC(C)(CC(=C)C)NC(=O)c1cnc2c(F)cccc2c1.C=C(C)CC(C)(N)CC(=C)C. The van der Waals surface area contributed by atoms with Crippen molar-refractivity contribution in [2.75, 3.05) is 0 Å². The highest BCUT2D eigenvalue weighted by Crippen LogP contribution is 2.24. The number of carbonyl (C=O) groups excluding carboxylic acids is 1. The van der Waals surface area contributed by atoms with Crippen LogP contribution in [0.2, 0.25) is 0 Å². The largest absolute Gasteiger partial charge is 0.346 e. The van der Waals surface area contributed by atoms with Crippen LogP contribution in [0.15, 0.2) is 79.1 Å². The van der Waals surface area contributed by atoms with E-state index in [0.29, 0.717) is 23.8 Å². The van der Waals surface area contributed by atoms with Crippen LogP contribution in [0.3, 0.4) is 0 Å². The van der Waals surface area contributed by atoms with Crippen LogP contribution < -0.4 is 11.1 Å². The fourth-order valence-electron chi connectivity index (χ4n) is 4.52. The Bertz CT molecular complexity index is 1080. The summed E-state index contributed by atoms with van der Waals surface area (Å²) in [6.07, 6.45) is 4.46. The van der Waals surface area contributed by atoms with Crippen LogP contribution >= 0.6 is 0 Å². The Morgan fingerprint density at radius 1 is 0.943 bits per heavy atom. The van der Waals surface area contributed by atoms with Crippen LogP contribution in [-0.2, 0) is 0 Å². The van der Waals surface area contributed by atoms with Crippen molar-refractivity contribution in [3.8, 4) is 0 Å². The first-order chi connectivity index (χ1) is 16.0. The Kier molecular flexibility index (Phi) is 10.8. The molecule has 0 aliphatic carbocycles. The van der Waals surface area contributed by atoms with Crippen molar-refractivity contribution in [3.63, 3.8) is 0 Å². The van der Waals surface area contributed by atoms with Gasteiger partial charge in [-0.1, -0.05) is 34.4 Å². The third kappa shape index (κ3) is 10.8. The second-order valence-corrected chi connectivity index (χ2v) is 10.7. The van der Waals surface area contributed by atoms with E-state index < -0.39 is 11.4 Å². The highest BCUT2D eigenvalue weighted by Gasteiger charge is 2.27. The van der Waals surface area contributed by atoms with Gasteiger partial charge in [0.2, 0.25) is 0 Å². The highest BCUT2D eigenvalue weighted by molar-refractivity contribution is 5.97. The van der Waals surface area contributed by atoms with Gasteiger partial charge in [-0.15, -0.1) is 26.3 Å². The van der Waals surface area contributed by atoms with Crippen molar-refractivity contribution in [2.45, 2.75) is 78.3 Å². The van der Waals surface area contributed by atoms with Crippen LogP contribution in [0.4, 0.5) is 4.39 Å². The summed E-state index contributed by atoms with van der Waals surface area (Å²) in [4.78, 5) is 16.7. The quantitative estimate of drug-likeness (QED) is 0.348. The van der Waals surface area contributed by atoms with E-state index in [1.807, 2.05) is 41.5 Å². The number of aromatic nitrogens is 1. The van der Waals surface area contributed by atoms with Crippen molar-refractivity contribution in [1.82, 2.24) is 10.3 Å². The van der Waals surface area contributed by atoms with Gasteiger partial charge in [-0.25, -0.2) is 4.39 Å². The predicted octanol–water partition coefficient (Wildman–Crippen LogP) is 7.43. The molecule has 1 heterocycles. The molecule has 2 aromatic rings. The van der Waals surface area contributed by atoms with E-state index in [4.69, 9.17) is 5.73 Å². The lowest BCUT2D eigenvalue weighted by molar-refractivity contribution is 0.0905. The van der Waals surface area contributed by atoms with Gasteiger partial charge in [0.1, 0.15) is 11.3 Å². The minimum atomic E-state index is -0.467. The van der Waals surface area contributed by atoms with Crippen LogP contribution in [0.1, 0.15) is 77.6 Å². The third-order valence-electron chi connectivity index (χ3n) is 5.13. The third-order valence-corrected chi connectivity index (χ3v) is 5.13. The zero-order valence-electron chi connectivity index (χ0n) is 22.4. The summed E-state index contributed by atoms with van der Waals surface area (Å²) < 4.78 is 13.7. The monoisotopic (exact) mass is 479 g/mol. The molecule has 1 aromatic heterocycles. The number of pyridine rings is 1. The number of rotatable bonds is 10. The van der Waals surface area contributed by atoms with Crippen molar-refractivity contribution in [3.05, 3.63) is 90.5 Å². The van der Waals surface area contributed by atoms with E-state index >= 15 is 0 Å². The summed E-state index contributed by atoms with van der Waals surface area (Å²) in [7, 11) is 0. The second-order valence-electron chi connectivity index (χ2n) is 10.7. The Balaban J connectivity index is 0.000000471. The Hall–Kier alpha value is -3.05. The topological polar surface area (TPSA) is 68.0 Å². The molecule has 0 unspecified atom stereocenters. The van der Waals surface area contributed by atoms with Gasteiger partial charge in [0.25, 0.3) is 5.91 Å². The molecule has 0 aliphatic rings.